The van der Waals surface area contributed by atoms with Gasteiger partial charge in [-0.2, -0.15) is 0 Å². The molecule has 1 aliphatic rings. The van der Waals surface area contributed by atoms with E-state index in [4.69, 9.17) is 9.47 Å². The molecule has 180 valence electrons. The molecule has 2 atom stereocenters. The first kappa shape index (κ1) is 26.5. The van der Waals surface area contributed by atoms with Crippen LogP contribution in [0.5, 0.6) is 0 Å². The number of fused-ring (bicyclic) bond motifs is 1. The molecule has 0 radical (unpaired) electrons. The minimum atomic E-state index is -0.832. The van der Waals surface area contributed by atoms with Crippen LogP contribution in [0.25, 0.3) is 0 Å². The summed E-state index contributed by atoms with van der Waals surface area (Å²) in [7, 11) is 0. The Labute approximate surface area is 195 Å². The molecule has 7 nitrogen and oxygen atoms in total. The Morgan fingerprint density at radius 3 is 2.00 bits per heavy atom. The molecule has 0 aromatic heterocycles. The number of hydrogen-bond donors (Lipinski definition) is 1. The quantitative estimate of drug-likeness (QED) is 0.620. The third-order valence-electron chi connectivity index (χ3n) is 5.17. The number of nitrogens with one attached hydrogen (secondary N) is 1. The molecule has 33 heavy (non-hydrogen) atoms. The van der Waals surface area contributed by atoms with Crippen LogP contribution in [0.4, 0.5) is 0 Å². The number of ether oxygens (including phenoxy) is 2. The van der Waals surface area contributed by atoms with Crippen molar-refractivity contribution >= 4 is 23.4 Å². The first-order chi connectivity index (χ1) is 15.1. The predicted molar refractivity (Wildman–Crippen MR) is 125 cm³/mol. The number of allylic oxidation sites excluding steroid dienone is 1. The van der Waals surface area contributed by atoms with Crippen molar-refractivity contribution in [3.63, 3.8) is 0 Å². The van der Waals surface area contributed by atoms with Gasteiger partial charge in [-0.15, -0.1) is 0 Å². The number of rotatable bonds is 7. The zero-order valence-corrected chi connectivity index (χ0v) is 20.8. The second-order valence-corrected chi connectivity index (χ2v) is 10.4. The molecule has 1 aromatic rings. The summed E-state index contributed by atoms with van der Waals surface area (Å²) in [5, 5.41) is 2.74. The van der Waals surface area contributed by atoms with Crippen LogP contribution in [0.3, 0.4) is 0 Å². The molecule has 2 rings (SSSR count). The molecule has 2 unspecified atom stereocenters. The summed E-state index contributed by atoms with van der Waals surface area (Å²) in [6, 6.07) is 6.64. The van der Waals surface area contributed by atoms with E-state index in [1.165, 1.54) is 0 Å². The highest BCUT2D eigenvalue weighted by molar-refractivity contribution is 6.26. The monoisotopic (exact) mass is 457 g/mol. The summed E-state index contributed by atoms with van der Waals surface area (Å²) in [4.78, 5) is 51.2. The van der Waals surface area contributed by atoms with Gasteiger partial charge in [0, 0.05) is 28.8 Å². The maximum Gasteiger partial charge on any atom is 0.307 e. The summed E-state index contributed by atoms with van der Waals surface area (Å²) >= 11 is 0. The van der Waals surface area contributed by atoms with Gasteiger partial charge in [0.25, 0.3) is 0 Å². The second kappa shape index (κ2) is 10.00. The van der Waals surface area contributed by atoms with Gasteiger partial charge in [-0.3, -0.25) is 19.2 Å². The predicted octanol–water partition coefficient (Wildman–Crippen LogP) is 4.05. The van der Waals surface area contributed by atoms with E-state index in [0.29, 0.717) is 16.7 Å². The van der Waals surface area contributed by atoms with Gasteiger partial charge in [0.2, 0.25) is 5.91 Å². The normalized spacial score (nSPS) is 16.2. The fourth-order valence-electron chi connectivity index (χ4n) is 3.74. The van der Waals surface area contributed by atoms with Crippen molar-refractivity contribution < 1.29 is 28.7 Å². The molecular weight excluding hydrogens is 422 g/mol. The molecule has 0 saturated heterocycles. The molecule has 0 aliphatic heterocycles. The van der Waals surface area contributed by atoms with E-state index in [-0.39, 0.29) is 30.1 Å². The molecule has 0 fully saturated rings. The van der Waals surface area contributed by atoms with Crippen molar-refractivity contribution in [2.45, 2.75) is 79.1 Å². The second-order valence-electron chi connectivity index (χ2n) is 10.4. The van der Waals surface area contributed by atoms with Gasteiger partial charge in [0.1, 0.15) is 5.60 Å². The Morgan fingerprint density at radius 1 is 0.939 bits per heavy atom. The van der Waals surface area contributed by atoms with E-state index in [9.17, 15) is 19.2 Å². The molecule has 1 amide bonds. The molecule has 0 spiro atoms. The summed E-state index contributed by atoms with van der Waals surface area (Å²) in [6.45, 7) is 14.1. The maximum atomic E-state index is 13.1. The topological polar surface area (TPSA) is 98.8 Å². The number of carbonyl (C=O) groups excluding carboxylic acids is 4. The van der Waals surface area contributed by atoms with Crippen molar-refractivity contribution in [2.75, 3.05) is 6.54 Å². The van der Waals surface area contributed by atoms with E-state index in [1.807, 2.05) is 20.8 Å². The zero-order valence-electron chi connectivity index (χ0n) is 20.8. The lowest BCUT2D eigenvalue weighted by Gasteiger charge is -2.31. The first-order valence-corrected chi connectivity index (χ1v) is 11.2. The Morgan fingerprint density at radius 2 is 1.48 bits per heavy atom. The van der Waals surface area contributed by atoms with Crippen LogP contribution in [0.1, 0.15) is 82.5 Å². The molecular formula is C26H35NO6. The van der Waals surface area contributed by atoms with Crippen molar-refractivity contribution in [2.24, 2.45) is 5.92 Å². The highest BCUT2D eigenvalue weighted by Crippen LogP contribution is 2.26. The van der Waals surface area contributed by atoms with Gasteiger partial charge in [-0.05, 0) is 55.4 Å². The average Bonchev–Trinajstić information content (AvgIpc) is 2.67. The van der Waals surface area contributed by atoms with E-state index in [0.717, 1.165) is 0 Å². The Balaban J connectivity index is 2.21. The van der Waals surface area contributed by atoms with Crippen molar-refractivity contribution in [1.29, 1.82) is 0 Å². The van der Waals surface area contributed by atoms with Gasteiger partial charge >= 0.3 is 5.97 Å². The first-order valence-electron chi connectivity index (χ1n) is 11.2. The molecule has 1 aliphatic carbocycles. The Kier molecular flexibility index (Phi) is 8.01. The van der Waals surface area contributed by atoms with Gasteiger partial charge < -0.3 is 14.8 Å². The minimum absolute atomic E-state index is 0.114. The number of esters is 1. The number of hydrogen-bond acceptors (Lipinski definition) is 6. The van der Waals surface area contributed by atoms with Gasteiger partial charge in [0.15, 0.2) is 11.6 Å². The summed E-state index contributed by atoms with van der Waals surface area (Å²) in [5.41, 5.74) is 0.0305. The van der Waals surface area contributed by atoms with Crippen LogP contribution in [0.2, 0.25) is 0 Å². The van der Waals surface area contributed by atoms with E-state index < -0.39 is 35.1 Å². The van der Waals surface area contributed by atoms with Crippen LogP contribution in [0.15, 0.2) is 35.4 Å². The number of carbonyl (C=O) groups is 4. The number of benzene rings is 1. The highest BCUT2D eigenvalue weighted by atomic mass is 16.6. The summed E-state index contributed by atoms with van der Waals surface area (Å²) in [5.74, 6) is -2.31. The number of ketones is 2. The van der Waals surface area contributed by atoms with Crippen LogP contribution in [0, 0.1) is 5.92 Å². The largest absolute Gasteiger partial charge is 0.460 e. The van der Waals surface area contributed by atoms with Crippen LogP contribution >= 0.6 is 0 Å². The van der Waals surface area contributed by atoms with Crippen molar-refractivity contribution in [3.05, 3.63) is 46.5 Å². The lowest BCUT2D eigenvalue weighted by Crippen LogP contribution is -2.43. The zero-order chi connectivity index (χ0) is 25.1. The van der Waals surface area contributed by atoms with Crippen molar-refractivity contribution in [3.8, 4) is 0 Å². The maximum absolute atomic E-state index is 13.1. The third-order valence-corrected chi connectivity index (χ3v) is 5.17. The average molecular weight is 458 g/mol. The third kappa shape index (κ3) is 7.09. The van der Waals surface area contributed by atoms with E-state index >= 15 is 0 Å². The summed E-state index contributed by atoms with van der Waals surface area (Å²) in [6.07, 6.45) is -0.759. The molecule has 7 heteroatoms. The van der Waals surface area contributed by atoms with Crippen LogP contribution in [-0.4, -0.2) is 47.3 Å². The van der Waals surface area contributed by atoms with Gasteiger partial charge in [0.05, 0.1) is 24.0 Å². The molecule has 1 N–H and O–H groups in total. The molecule has 0 saturated carbocycles. The highest BCUT2D eigenvalue weighted by Gasteiger charge is 2.34. The molecule has 0 bridgehead atoms. The van der Waals surface area contributed by atoms with Gasteiger partial charge in [-0.25, -0.2) is 0 Å². The lowest BCUT2D eigenvalue weighted by atomic mass is 9.84. The van der Waals surface area contributed by atoms with E-state index in [2.05, 4.69) is 5.32 Å². The molecule has 1 aromatic carbocycles. The number of amides is 1. The summed E-state index contributed by atoms with van der Waals surface area (Å²) < 4.78 is 11.3. The van der Waals surface area contributed by atoms with Gasteiger partial charge in [-0.1, -0.05) is 24.3 Å². The SMILES string of the molecule is CC1=C(CNC(=O)C(CC(=O)OC(C)(C)C)C(C)OC(C)(C)C)C(=O)c2ccccc2C1=O. The Bertz CT molecular complexity index is 977. The van der Waals surface area contributed by atoms with E-state index in [1.54, 1.807) is 58.9 Å². The fraction of sp³-hybridized carbons (Fsp3) is 0.538. The van der Waals surface area contributed by atoms with Crippen LogP contribution < -0.4 is 5.32 Å². The van der Waals surface area contributed by atoms with Crippen molar-refractivity contribution in [1.82, 2.24) is 5.32 Å². The smallest absolute Gasteiger partial charge is 0.307 e. The lowest BCUT2D eigenvalue weighted by molar-refractivity contribution is -0.161. The number of Topliss-reactive ketones (excluding diaryl/α,β-unsaturated/α-hetero) is 2. The fourth-order valence-corrected chi connectivity index (χ4v) is 3.74. The Hall–Kier alpha value is -2.80. The molecule has 0 heterocycles. The van der Waals surface area contributed by atoms with Crippen LogP contribution in [-0.2, 0) is 19.1 Å². The minimum Gasteiger partial charge on any atom is -0.460 e. The standard InChI is InChI=1S/C26H35NO6/c1-15-20(23(30)18-12-10-9-11-17(18)22(15)29)14-27-24(31)19(16(2)32-25(3,4)5)13-21(28)33-26(6,7)8/h9-12,16,19H,13-14H2,1-8H3,(H,27,31).